The summed E-state index contributed by atoms with van der Waals surface area (Å²) >= 11 is 7.25. The third kappa shape index (κ3) is 3.03. The van der Waals surface area contributed by atoms with E-state index in [1.807, 2.05) is 44.2 Å². The fourth-order valence-electron chi connectivity index (χ4n) is 1.76. The van der Waals surface area contributed by atoms with Gasteiger partial charge in [-0.25, -0.2) is 0 Å². The van der Waals surface area contributed by atoms with Crippen molar-refractivity contribution in [1.29, 1.82) is 0 Å². The molecule has 2 nitrogen and oxygen atoms in total. The van der Waals surface area contributed by atoms with Gasteiger partial charge in [-0.2, -0.15) is 0 Å². The summed E-state index contributed by atoms with van der Waals surface area (Å²) in [7, 11) is 0. The van der Waals surface area contributed by atoms with Crippen LogP contribution in [0.4, 0.5) is 0 Å². The van der Waals surface area contributed by atoms with Crippen molar-refractivity contribution in [1.82, 2.24) is 5.32 Å². The molecule has 96 valence electrons. The van der Waals surface area contributed by atoms with Gasteiger partial charge in [-0.3, -0.25) is 4.79 Å². The highest BCUT2D eigenvalue weighted by Gasteiger charge is 2.21. The molecule has 0 saturated carbocycles. The van der Waals surface area contributed by atoms with Gasteiger partial charge in [0.15, 0.2) is 0 Å². The zero-order valence-corrected chi connectivity index (χ0v) is 12.1. The van der Waals surface area contributed by atoms with Crippen LogP contribution in [0, 0.1) is 0 Å². The lowest BCUT2D eigenvalue weighted by Crippen LogP contribution is -2.43. The molecule has 0 fully saturated rings. The molecular formula is C14H16ClNOS. The van der Waals surface area contributed by atoms with Crippen LogP contribution in [0.2, 0.25) is 0 Å². The monoisotopic (exact) mass is 281 g/mol. The van der Waals surface area contributed by atoms with E-state index >= 15 is 0 Å². The van der Waals surface area contributed by atoms with Gasteiger partial charge in [-0.1, -0.05) is 18.2 Å². The zero-order valence-electron chi connectivity index (χ0n) is 10.5. The number of halogens is 1. The highest BCUT2D eigenvalue weighted by molar-refractivity contribution is 7.20. The van der Waals surface area contributed by atoms with Crippen molar-refractivity contribution < 1.29 is 4.79 Å². The molecule has 0 aliphatic rings. The van der Waals surface area contributed by atoms with E-state index in [0.29, 0.717) is 5.88 Å². The van der Waals surface area contributed by atoms with Crippen molar-refractivity contribution in [3.05, 3.63) is 35.2 Å². The number of alkyl halides is 1. The van der Waals surface area contributed by atoms with Crippen molar-refractivity contribution in [3.63, 3.8) is 0 Å². The molecule has 2 rings (SSSR count). The number of rotatable bonds is 4. The molecule has 4 heteroatoms. The van der Waals surface area contributed by atoms with Crippen LogP contribution in [-0.2, 0) is 0 Å². The Morgan fingerprint density at radius 2 is 2.11 bits per heavy atom. The molecule has 18 heavy (non-hydrogen) atoms. The molecule has 1 aromatic carbocycles. The van der Waals surface area contributed by atoms with Crippen LogP contribution in [0.25, 0.3) is 10.1 Å². The summed E-state index contributed by atoms with van der Waals surface area (Å²) in [6.07, 6.45) is 0.755. The van der Waals surface area contributed by atoms with Crippen LogP contribution >= 0.6 is 22.9 Å². The third-order valence-corrected chi connectivity index (χ3v) is 4.12. The van der Waals surface area contributed by atoms with Crippen molar-refractivity contribution in [2.75, 3.05) is 5.88 Å². The number of benzene rings is 1. The van der Waals surface area contributed by atoms with Gasteiger partial charge < -0.3 is 5.32 Å². The van der Waals surface area contributed by atoms with Gasteiger partial charge in [0.25, 0.3) is 5.91 Å². The molecule has 0 unspecified atom stereocenters. The highest BCUT2D eigenvalue weighted by Crippen LogP contribution is 2.25. The van der Waals surface area contributed by atoms with Crippen LogP contribution in [0.1, 0.15) is 29.9 Å². The first-order chi connectivity index (χ1) is 8.52. The Bertz CT molecular complexity index is 529. The number of thiophene rings is 1. The zero-order chi connectivity index (χ0) is 13.2. The van der Waals surface area contributed by atoms with Gasteiger partial charge in [-0.15, -0.1) is 22.9 Å². The largest absolute Gasteiger partial charge is 0.346 e. The molecule has 1 amide bonds. The summed E-state index contributed by atoms with van der Waals surface area (Å²) in [4.78, 5) is 12.9. The smallest absolute Gasteiger partial charge is 0.261 e. The molecule has 1 heterocycles. The van der Waals surface area contributed by atoms with Crippen LogP contribution in [0.5, 0.6) is 0 Å². The predicted octanol–water partition coefficient (Wildman–Crippen LogP) is 4.04. The van der Waals surface area contributed by atoms with Crippen molar-refractivity contribution in [2.24, 2.45) is 0 Å². The number of hydrogen-bond acceptors (Lipinski definition) is 2. The normalized spacial score (nSPS) is 11.7. The topological polar surface area (TPSA) is 29.1 Å². The summed E-state index contributed by atoms with van der Waals surface area (Å²) < 4.78 is 1.14. The fourth-order valence-corrected chi connectivity index (χ4v) is 3.19. The Balaban J connectivity index is 2.18. The molecule has 2 aromatic rings. The van der Waals surface area contributed by atoms with E-state index in [4.69, 9.17) is 11.6 Å². The van der Waals surface area contributed by atoms with E-state index < -0.39 is 0 Å². The van der Waals surface area contributed by atoms with Gasteiger partial charge in [0.05, 0.1) is 4.88 Å². The number of carbonyl (C=O) groups excluding carboxylic acids is 1. The summed E-state index contributed by atoms with van der Waals surface area (Å²) in [5, 5.41) is 4.14. The van der Waals surface area contributed by atoms with E-state index in [0.717, 1.165) is 21.4 Å². The van der Waals surface area contributed by atoms with Crippen LogP contribution in [-0.4, -0.2) is 17.3 Å². The number of fused-ring (bicyclic) bond motifs is 1. The standard InChI is InChI=1S/C14H16ClNOS/c1-14(2,7-8-15)16-13(17)12-9-10-5-3-4-6-11(10)18-12/h3-6,9H,7-8H2,1-2H3,(H,16,17). The fraction of sp³-hybridized carbons (Fsp3) is 0.357. The van der Waals surface area contributed by atoms with Gasteiger partial charge in [0.1, 0.15) is 0 Å². The van der Waals surface area contributed by atoms with E-state index in [-0.39, 0.29) is 11.4 Å². The van der Waals surface area contributed by atoms with E-state index in [1.54, 1.807) is 0 Å². The van der Waals surface area contributed by atoms with Gasteiger partial charge >= 0.3 is 0 Å². The molecular weight excluding hydrogens is 266 g/mol. The van der Waals surface area contributed by atoms with Crippen LogP contribution in [0.15, 0.2) is 30.3 Å². The second-order valence-electron chi connectivity index (χ2n) is 4.93. The molecule has 0 spiro atoms. The number of hydrogen-bond donors (Lipinski definition) is 1. The van der Waals surface area contributed by atoms with E-state index in [2.05, 4.69) is 5.32 Å². The van der Waals surface area contributed by atoms with E-state index in [1.165, 1.54) is 11.3 Å². The average Bonchev–Trinajstić information content (AvgIpc) is 2.71. The Hall–Kier alpha value is -1.06. The van der Waals surface area contributed by atoms with Gasteiger partial charge in [0, 0.05) is 16.1 Å². The van der Waals surface area contributed by atoms with Crippen LogP contribution in [0.3, 0.4) is 0 Å². The summed E-state index contributed by atoms with van der Waals surface area (Å²) in [6.45, 7) is 3.97. The Kier molecular flexibility index (Phi) is 3.93. The predicted molar refractivity (Wildman–Crippen MR) is 78.7 cm³/mol. The summed E-state index contributed by atoms with van der Waals surface area (Å²) in [5.41, 5.74) is -0.269. The van der Waals surface area contributed by atoms with E-state index in [9.17, 15) is 4.79 Å². The maximum atomic E-state index is 12.2. The lowest BCUT2D eigenvalue weighted by molar-refractivity contribution is 0.0916. The average molecular weight is 282 g/mol. The molecule has 0 bridgehead atoms. The SMILES string of the molecule is CC(C)(CCCl)NC(=O)c1cc2ccccc2s1. The third-order valence-electron chi connectivity index (χ3n) is 2.82. The molecule has 0 aliphatic carbocycles. The summed E-state index contributed by atoms with van der Waals surface area (Å²) in [5.74, 6) is 0.519. The molecule has 0 atom stereocenters. The molecule has 0 saturated heterocycles. The molecule has 1 aromatic heterocycles. The van der Waals surface area contributed by atoms with Gasteiger partial charge in [-0.05, 0) is 37.8 Å². The molecule has 1 N–H and O–H groups in total. The van der Waals surface area contributed by atoms with Crippen molar-refractivity contribution in [3.8, 4) is 0 Å². The quantitative estimate of drug-likeness (QED) is 0.842. The first kappa shape index (κ1) is 13.4. The van der Waals surface area contributed by atoms with Crippen molar-refractivity contribution in [2.45, 2.75) is 25.8 Å². The molecule has 0 radical (unpaired) electrons. The number of amides is 1. The first-order valence-corrected chi connectivity index (χ1v) is 7.24. The Labute approximate surface area is 116 Å². The lowest BCUT2D eigenvalue weighted by atomic mass is 10.0. The number of nitrogens with one attached hydrogen (secondary N) is 1. The van der Waals surface area contributed by atoms with Crippen molar-refractivity contribution >= 4 is 38.9 Å². The Morgan fingerprint density at radius 3 is 2.78 bits per heavy atom. The van der Waals surface area contributed by atoms with Crippen LogP contribution < -0.4 is 5.32 Å². The van der Waals surface area contributed by atoms with Gasteiger partial charge in [0.2, 0.25) is 0 Å². The second kappa shape index (κ2) is 5.29. The first-order valence-electron chi connectivity index (χ1n) is 5.89. The Morgan fingerprint density at radius 1 is 1.39 bits per heavy atom. The highest BCUT2D eigenvalue weighted by atomic mass is 35.5. The second-order valence-corrected chi connectivity index (χ2v) is 6.39. The number of carbonyl (C=O) groups is 1. The maximum absolute atomic E-state index is 12.2. The lowest BCUT2D eigenvalue weighted by Gasteiger charge is -2.24. The minimum Gasteiger partial charge on any atom is -0.346 e. The molecule has 0 aliphatic heterocycles. The minimum atomic E-state index is -0.269. The minimum absolute atomic E-state index is 0.0219. The summed E-state index contributed by atoms with van der Waals surface area (Å²) in [6, 6.07) is 9.95. The maximum Gasteiger partial charge on any atom is 0.261 e.